The second-order valence-corrected chi connectivity index (χ2v) is 8.00. The first-order valence-electron chi connectivity index (χ1n) is 5.64. The SMILES string of the molecule is CC1(C)OB(c2c(Br)cc(Br)cc2Br)OC1(C)C. The molecular weight excluding hydrogens is 427 g/mol. The van der Waals surface area contributed by atoms with Gasteiger partial charge in [0.25, 0.3) is 0 Å². The normalized spacial score (nSPS) is 21.4. The molecule has 0 spiro atoms. The molecule has 0 bridgehead atoms. The van der Waals surface area contributed by atoms with E-state index < -0.39 is 0 Å². The van der Waals surface area contributed by atoms with E-state index in [1.54, 1.807) is 0 Å². The maximum Gasteiger partial charge on any atom is 0.497 e. The van der Waals surface area contributed by atoms with Crippen LogP contribution in [0.1, 0.15) is 27.7 Å². The summed E-state index contributed by atoms with van der Waals surface area (Å²) in [6.45, 7) is 8.20. The van der Waals surface area contributed by atoms with E-state index in [0.717, 1.165) is 18.9 Å². The minimum atomic E-state index is -0.369. The zero-order valence-corrected chi connectivity index (χ0v) is 15.4. The third kappa shape index (κ3) is 2.59. The quantitative estimate of drug-likeness (QED) is 0.607. The van der Waals surface area contributed by atoms with Crippen LogP contribution in [0.25, 0.3) is 0 Å². The molecule has 0 unspecified atom stereocenters. The van der Waals surface area contributed by atoms with Crippen molar-refractivity contribution in [2.75, 3.05) is 0 Å². The van der Waals surface area contributed by atoms with Crippen molar-refractivity contribution in [2.45, 2.75) is 38.9 Å². The summed E-state index contributed by atoms with van der Waals surface area (Å²) < 4.78 is 15.0. The van der Waals surface area contributed by atoms with Gasteiger partial charge in [0, 0.05) is 18.9 Å². The predicted molar refractivity (Wildman–Crippen MR) is 85.3 cm³/mol. The monoisotopic (exact) mass is 438 g/mol. The van der Waals surface area contributed by atoms with Crippen molar-refractivity contribution in [3.8, 4) is 0 Å². The maximum absolute atomic E-state index is 6.05. The molecule has 6 heteroatoms. The van der Waals surface area contributed by atoms with Gasteiger partial charge in [-0.05, 0) is 39.8 Å². The molecule has 1 saturated heterocycles. The van der Waals surface area contributed by atoms with Gasteiger partial charge in [0.05, 0.1) is 11.2 Å². The van der Waals surface area contributed by atoms with Gasteiger partial charge in [-0.2, -0.15) is 0 Å². The Labute approximate surface area is 133 Å². The fourth-order valence-corrected chi connectivity index (χ4v) is 4.37. The third-order valence-electron chi connectivity index (χ3n) is 3.53. The van der Waals surface area contributed by atoms with Crippen LogP contribution in [-0.4, -0.2) is 18.3 Å². The summed E-state index contributed by atoms with van der Waals surface area (Å²) in [5.41, 5.74) is 0.324. The molecule has 18 heavy (non-hydrogen) atoms. The largest absolute Gasteiger partial charge is 0.497 e. The van der Waals surface area contributed by atoms with Gasteiger partial charge in [-0.25, -0.2) is 0 Å². The molecular formula is C12H14BBr3O2. The first kappa shape index (κ1) is 15.0. The minimum absolute atomic E-state index is 0.330. The summed E-state index contributed by atoms with van der Waals surface area (Å²) in [6, 6.07) is 3.98. The molecule has 0 saturated carbocycles. The molecule has 2 nitrogen and oxygen atoms in total. The molecule has 1 aromatic carbocycles. The molecule has 2 rings (SSSR count). The van der Waals surface area contributed by atoms with Crippen LogP contribution >= 0.6 is 47.8 Å². The maximum atomic E-state index is 6.05. The van der Waals surface area contributed by atoms with Crippen LogP contribution < -0.4 is 5.46 Å². The summed E-state index contributed by atoms with van der Waals surface area (Å²) >= 11 is 10.6. The van der Waals surface area contributed by atoms with Gasteiger partial charge < -0.3 is 9.31 Å². The van der Waals surface area contributed by atoms with Crippen molar-refractivity contribution < 1.29 is 9.31 Å². The lowest BCUT2D eigenvalue weighted by Crippen LogP contribution is -2.41. The van der Waals surface area contributed by atoms with E-state index in [2.05, 4.69) is 47.8 Å². The average molecular weight is 441 g/mol. The molecule has 1 aromatic rings. The second kappa shape index (κ2) is 4.88. The molecule has 0 aromatic heterocycles. The van der Waals surface area contributed by atoms with Crippen molar-refractivity contribution in [3.63, 3.8) is 0 Å². The Morgan fingerprint density at radius 1 is 0.889 bits per heavy atom. The lowest BCUT2D eigenvalue weighted by atomic mass is 9.79. The van der Waals surface area contributed by atoms with Crippen LogP contribution in [0.2, 0.25) is 0 Å². The van der Waals surface area contributed by atoms with Gasteiger partial charge in [0.2, 0.25) is 0 Å². The highest BCUT2D eigenvalue weighted by atomic mass is 79.9. The Morgan fingerprint density at radius 3 is 1.67 bits per heavy atom. The Hall–Kier alpha value is 0.645. The van der Waals surface area contributed by atoms with Gasteiger partial charge >= 0.3 is 7.12 Å². The molecule has 1 heterocycles. The number of benzene rings is 1. The summed E-state index contributed by atoms with van der Waals surface area (Å²) in [5.74, 6) is 0. The van der Waals surface area contributed by atoms with Crippen LogP contribution in [0, 0.1) is 0 Å². The van der Waals surface area contributed by atoms with E-state index in [0.29, 0.717) is 0 Å². The van der Waals surface area contributed by atoms with E-state index in [1.807, 2.05) is 39.8 Å². The Bertz CT molecular complexity index is 449. The summed E-state index contributed by atoms with van der Waals surface area (Å²) in [5, 5.41) is 0. The highest BCUT2D eigenvalue weighted by Gasteiger charge is 2.52. The van der Waals surface area contributed by atoms with Crippen molar-refractivity contribution in [1.82, 2.24) is 0 Å². The van der Waals surface area contributed by atoms with Crippen LogP contribution in [0.15, 0.2) is 25.6 Å². The lowest BCUT2D eigenvalue weighted by molar-refractivity contribution is 0.00578. The first-order chi connectivity index (χ1) is 8.14. The molecule has 0 radical (unpaired) electrons. The number of hydrogen-bond acceptors (Lipinski definition) is 2. The smallest absolute Gasteiger partial charge is 0.399 e. The first-order valence-corrected chi connectivity index (χ1v) is 8.02. The van der Waals surface area contributed by atoms with Crippen molar-refractivity contribution >= 4 is 60.4 Å². The molecule has 0 aliphatic carbocycles. The zero-order valence-electron chi connectivity index (χ0n) is 10.7. The van der Waals surface area contributed by atoms with Crippen LogP contribution in [-0.2, 0) is 9.31 Å². The zero-order chi connectivity index (χ0) is 13.7. The topological polar surface area (TPSA) is 18.5 Å². The van der Waals surface area contributed by atoms with E-state index >= 15 is 0 Å². The molecule has 1 aliphatic rings. The van der Waals surface area contributed by atoms with Crippen molar-refractivity contribution in [2.24, 2.45) is 0 Å². The summed E-state index contributed by atoms with van der Waals surface area (Å²) in [6.07, 6.45) is 0. The Kier molecular flexibility index (Phi) is 4.08. The predicted octanol–water partition coefficient (Wildman–Crippen LogP) is 4.27. The number of hydrogen-bond donors (Lipinski definition) is 0. The summed E-state index contributed by atoms with van der Waals surface area (Å²) in [7, 11) is -0.369. The lowest BCUT2D eigenvalue weighted by Gasteiger charge is -2.32. The van der Waals surface area contributed by atoms with Gasteiger partial charge in [-0.1, -0.05) is 47.8 Å². The molecule has 0 atom stereocenters. The third-order valence-corrected chi connectivity index (χ3v) is 5.30. The van der Waals surface area contributed by atoms with Crippen LogP contribution in [0.4, 0.5) is 0 Å². The van der Waals surface area contributed by atoms with E-state index in [9.17, 15) is 0 Å². The molecule has 1 fully saturated rings. The fraction of sp³-hybridized carbons (Fsp3) is 0.500. The van der Waals surface area contributed by atoms with E-state index in [1.165, 1.54) is 0 Å². The highest BCUT2D eigenvalue weighted by molar-refractivity contribution is 9.11. The van der Waals surface area contributed by atoms with Gasteiger partial charge in [0.1, 0.15) is 0 Å². The van der Waals surface area contributed by atoms with Crippen molar-refractivity contribution in [1.29, 1.82) is 0 Å². The van der Waals surface area contributed by atoms with Gasteiger partial charge in [0.15, 0.2) is 0 Å². The van der Waals surface area contributed by atoms with E-state index in [4.69, 9.17) is 9.31 Å². The van der Waals surface area contributed by atoms with Crippen molar-refractivity contribution in [3.05, 3.63) is 25.6 Å². The summed E-state index contributed by atoms with van der Waals surface area (Å²) in [4.78, 5) is 0. The Morgan fingerprint density at radius 2 is 1.28 bits per heavy atom. The van der Waals surface area contributed by atoms with Gasteiger partial charge in [-0.3, -0.25) is 0 Å². The number of rotatable bonds is 1. The Balaban J connectivity index is 2.42. The standard InChI is InChI=1S/C12H14BBr3O2/c1-11(2)12(3,4)18-13(17-11)10-8(15)5-7(14)6-9(10)16/h5-6H,1-4H3. The number of halogens is 3. The average Bonchev–Trinajstić information content (AvgIpc) is 2.32. The van der Waals surface area contributed by atoms with Crippen LogP contribution in [0.5, 0.6) is 0 Å². The molecule has 0 amide bonds. The molecule has 1 aliphatic heterocycles. The van der Waals surface area contributed by atoms with E-state index in [-0.39, 0.29) is 18.3 Å². The fourth-order valence-electron chi connectivity index (χ4n) is 1.74. The highest BCUT2D eigenvalue weighted by Crippen LogP contribution is 2.38. The van der Waals surface area contributed by atoms with Gasteiger partial charge in [-0.15, -0.1) is 0 Å². The molecule has 98 valence electrons. The minimum Gasteiger partial charge on any atom is -0.399 e. The second-order valence-electron chi connectivity index (χ2n) is 5.37. The molecule has 0 N–H and O–H groups in total. The van der Waals surface area contributed by atoms with Crippen LogP contribution in [0.3, 0.4) is 0 Å².